The van der Waals surface area contributed by atoms with Gasteiger partial charge in [0, 0.05) is 19.6 Å². The van der Waals surface area contributed by atoms with Gasteiger partial charge in [-0.25, -0.2) is 0 Å². The van der Waals surface area contributed by atoms with Gasteiger partial charge in [0.15, 0.2) is 6.10 Å². The molecule has 6 nitrogen and oxygen atoms in total. The molecular weight excluding hydrogens is 260 g/mol. The Kier molecular flexibility index (Phi) is 3.52. The summed E-state index contributed by atoms with van der Waals surface area (Å²) in [5.41, 5.74) is -0.158. The summed E-state index contributed by atoms with van der Waals surface area (Å²) < 4.78 is 10.8. The lowest BCUT2D eigenvalue weighted by Crippen LogP contribution is -2.60. The lowest BCUT2D eigenvalue weighted by Gasteiger charge is -2.42. The van der Waals surface area contributed by atoms with Crippen molar-refractivity contribution < 1.29 is 19.1 Å². The van der Waals surface area contributed by atoms with E-state index in [1.54, 1.807) is 0 Å². The molecule has 0 aromatic carbocycles. The van der Waals surface area contributed by atoms with Gasteiger partial charge in [0.1, 0.15) is 0 Å². The number of nitrogens with zero attached hydrogens (tertiary/aromatic N) is 2. The predicted octanol–water partition coefficient (Wildman–Crippen LogP) is -0.209. The normalized spacial score (nSPS) is 28.3. The fourth-order valence-corrected chi connectivity index (χ4v) is 3.03. The Labute approximate surface area is 118 Å². The maximum atomic E-state index is 12.4. The molecule has 1 atom stereocenters. The van der Waals surface area contributed by atoms with Crippen LogP contribution in [0.1, 0.15) is 12.8 Å². The molecular formula is C14H20N2O4. The summed E-state index contributed by atoms with van der Waals surface area (Å²) in [6, 6.07) is 0. The maximum Gasteiger partial charge on any atom is 0.254 e. The Morgan fingerprint density at radius 3 is 2.65 bits per heavy atom. The van der Waals surface area contributed by atoms with Crippen LogP contribution in [0, 0.1) is 0 Å². The quantitative estimate of drug-likeness (QED) is 0.657. The number of carbonyl (C=O) groups is 2. The molecule has 20 heavy (non-hydrogen) atoms. The number of amides is 2. The Balaban J connectivity index is 1.65. The molecule has 0 unspecified atom stereocenters. The molecule has 2 aliphatic heterocycles. The van der Waals surface area contributed by atoms with E-state index in [9.17, 15) is 9.59 Å². The van der Waals surface area contributed by atoms with Gasteiger partial charge in [-0.05, 0) is 18.9 Å². The van der Waals surface area contributed by atoms with Gasteiger partial charge in [0.2, 0.25) is 5.91 Å². The van der Waals surface area contributed by atoms with Crippen LogP contribution in [0.4, 0.5) is 0 Å². The minimum Gasteiger partial charge on any atom is -0.376 e. The second kappa shape index (κ2) is 5.18. The summed E-state index contributed by atoms with van der Waals surface area (Å²) in [5, 5.41) is 0. The molecule has 1 aliphatic carbocycles. The Morgan fingerprint density at radius 2 is 2.05 bits per heavy atom. The van der Waals surface area contributed by atoms with Crippen LogP contribution in [-0.2, 0) is 19.1 Å². The van der Waals surface area contributed by atoms with Gasteiger partial charge >= 0.3 is 0 Å². The molecule has 110 valence electrons. The third kappa shape index (κ3) is 2.33. The van der Waals surface area contributed by atoms with Gasteiger partial charge in [-0.15, -0.1) is 0 Å². The van der Waals surface area contributed by atoms with Gasteiger partial charge in [-0.3, -0.25) is 9.59 Å². The van der Waals surface area contributed by atoms with E-state index in [4.69, 9.17) is 9.47 Å². The molecule has 0 aromatic heterocycles. The number of ether oxygens (including phenoxy) is 2. The first-order valence-electron chi connectivity index (χ1n) is 7.08. The second-order valence-electron chi connectivity index (χ2n) is 5.61. The van der Waals surface area contributed by atoms with Crippen molar-refractivity contribution in [2.75, 3.05) is 39.5 Å². The minimum absolute atomic E-state index is 0.0123. The summed E-state index contributed by atoms with van der Waals surface area (Å²) in [6.07, 6.45) is 2.79. The number of hydrogen-bond donors (Lipinski definition) is 0. The molecule has 1 saturated carbocycles. The van der Waals surface area contributed by atoms with Gasteiger partial charge in [-0.2, -0.15) is 0 Å². The summed E-state index contributed by atoms with van der Waals surface area (Å²) in [6.45, 7) is 6.63. The SMILES string of the molecule is C=CC(=O)N1CCN(C(=O)[C@H]2COCCO2)CC12CC2. The average Bonchev–Trinajstić information content (AvgIpc) is 3.26. The van der Waals surface area contributed by atoms with Crippen molar-refractivity contribution in [2.45, 2.75) is 24.5 Å². The minimum atomic E-state index is -0.485. The molecule has 0 radical (unpaired) electrons. The highest BCUT2D eigenvalue weighted by atomic mass is 16.6. The number of carbonyl (C=O) groups excluding carboxylic acids is 2. The first-order valence-corrected chi connectivity index (χ1v) is 7.08. The van der Waals surface area contributed by atoms with Crippen LogP contribution in [-0.4, -0.2) is 72.7 Å². The Morgan fingerprint density at radius 1 is 1.25 bits per heavy atom. The fourth-order valence-electron chi connectivity index (χ4n) is 3.03. The average molecular weight is 280 g/mol. The van der Waals surface area contributed by atoms with Crippen molar-refractivity contribution in [3.05, 3.63) is 12.7 Å². The van der Waals surface area contributed by atoms with Crippen molar-refractivity contribution in [1.29, 1.82) is 0 Å². The van der Waals surface area contributed by atoms with E-state index in [0.717, 1.165) is 12.8 Å². The maximum absolute atomic E-state index is 12.4. The molecule has 0 N–H and O–H groups in total. The first kappa shape index (κ1) is 13.6. The Hall–Kier alpha value is -1.40. The van der Waals surface area contributed by atoms with Gasteiger partial charge in [0.25, 0.3) is 5.91 Å². The highest BCUT2D eigenvalue weighted by Crippen LogP contribution is 2.44. The van der Waals surface area contributed by atoms with E-state index >= 15 is 0 Å². The van der Waals surface area contributed by atoms with Crippen LogP contribution in [0.25, 0.3) is 0 Å². The number of hydrogen-bond acceptors (Lipinski definition) is 4. The molecule has 0 bridgehead atoms. The first-order chi connectivity index (χ1) is 9.66. The van der Waals surface area contributed by atoms with Crippen molar-refractivity contribution >= 4 is 11.8 Å². The summed E-state index contributed by atoms with van der Waals surface area (Å²) in [5.74, 6) is -0.0477. The highest BCUT2D eigenvalue weighted by molar-refractivity contribution is 5.88. The van der Waals surface area contributed by atoms with E-state index in [1.807, 2.05) is 9.80 Å². The molecule has 3 aliphatic rings. The largest absolute Gasteiger partial charge is 0.376 e. The van der Waals surface area contributed by atoms with E-state index in [2.05, 4.69) is 6.58 Å². The second-order valence-corrected chi connectivity index (χ2v) is 5.61. The number of rotatable bonds is 2. The number of piperazine rings is 1. The van der Waals surface area contributed by atoms with Gasteiger partial charge in [-0.1, -0.05) is 6.58 Å². The zero-order valence-electron chi connectivity index (χ0n) is 11.5. The highest BCUT2D eigenvalue weighted by Gasteiger charge is 2.53. The van der Waals surface area contributed by atoms with Gasteiger partial charge < -0.3 is 19.3 Å². The predicted molar refractivity (Wildman–Crippen MR) is 71.0 cm³/mol. The van der Waals surface area contributed by atoms with Crippen molar-refractivity contribution in [2.24, 2.45) is 0 Å². The van der Waals surface area contributed by atoms with E-state index < -0.39 is 6.10 Å². The van der Waals surface area contributed by atoms with Crippen LogP contribution in [0.2, 0.25) is 0 Å². The molecule has 2 amide bonds. The van der Waals surface area contributed by atoms with E-state index in [1.165, 1.54) is 6.08 Å². The van der Waals surface area contributed by atoms with Crippen LogP contribution in [0.15, 0.2) is 12.7 Å². The summed E-state index contributed by atoms with van der Waals surface area (Å²) in [7, 11) is 0. The van der Waals surface area contributed by atoms with Crippen LogP contribution in [0.3, 0.4) is 0 Å². The van der Waals surface area contributed by atoms with Gasteiger partial charge in [0.05, 0.1) is 25.4 Å². The zero-order valence-corrected chi connectivity index (χ0v) is 11.5. The Bertz CT molecular complexity index is 427. The lowest BCUT2D eigenvalue weighted by molar-refractivity contribution is -0.162. The third-order valence-electron chi connectivity index (χ3n) is 4.32. The fraction of sp³-hybridized carbons (Fsp3) is 0.714. The standard InChI is InChI=1S/C14H20N2O4/c1-2-12(17)16-6-5-15(10-14(16)3-4-14)13(18)11-9-19-7-8-20-11/h2,11H,1,3-10H2/t11-/m1/s1. The van der Waals surface area contributed by atoms with Crippen LogP contribution in [0.5, 0.6) is 0 Å². The summed E-state index contributed by atoms with van der Waals surface area (Å²) in [4.78, 5) is 28.0. The summed E-state index contributed by atoms with van der Waals surface area (Å²) >= 11 is 0. The van der Waals surface area contributed by atoms with E-state index in [-0.39, 0.29) is 17.4 Å². The van der Waals surface area contributed by atoms with Crippen molar-refractivity contribution in [3.63, 3.8) is 0 Å². The molecule has 3 rings (SSSR count). The molecule has 3 fully saturated rings. The van der Waals surface area contributed by atoms with Crippen LogP contribution < -0.4 is 0 Å². The van der Waals surface area contributed by atoms with E-state index in [0.29, 0.717) is 39.5 Å². The molecule has 2 heterocycles. The lowest BCUT2D eigenvalue weighted by atomic mass is 10.1. The zero-order chi connectivity index (χ0) is 14.2. The molecule has 0 aromatic rings. The third-order valence-corrected chi connectivity index (χ3v) is 4.32. The molecule has 6 heteroatoms. The molecule has 1 spiro atoms. The smallest absolute Gasteiger partial charge is 0.254 e. The van der Waals surface area contributed by atoms with Crippen molar-refractivity contribution in [3.8, 4) is 0 Å². The molecule has 2 saturated heterocycles. The topological polar surface area (TPSA) is 59.1 Å². The van der Waals surface area contributed by atoms with Crippen LogP contribution >= 0.6 is 0 Å². The van der Waals surface area contributed by atoms with Crippen molar-refractivity contribution in [1.82, 2.24) is 9.80 Å². The monoisotopic (exact) mass is 280 g/mol.